The zero-order chi connectivity index (χ0) is 15.2. The predicted octanol–water partition coefficient (Wildman–Crippen LogP) is 3.04. The van der Waals surface area contributed by atoms with Crippen LogP contribution in [0.25, 0.3) is 0 Å². The highest BCUT2D eigenvalue weighted by molar-refractivity contribution is 5.54. The first-order valence-electron chi connectivity index (χ1n) is 8.04. The van der Waals surface area contributed by atoms with Crippen molar-refractivity contribution in [3.63, 3.8) is 0 Å². The summed E-state index contributed by atoms with van der Waals surface area (Å²) in [5, 5.41) is 22.7. The molecule has 4 nitrogen and oxygen atoms in total. The third kappa shape index (κ3) is 3.74. The molecular weight excluding hydrogens is 262 g/mol. The van der Waals surface area contributed by atoms with Crippen molar-refractivity contribution in [1.29, 1.82) is 5.26 Å². The fourth-order valence-corrected chi connectivity index (χ4v) is 3.05. The summed E-state index contributed by atoms with van der Waals surface area (Å²) in [5.74, 6) is 0.920. The lowest BCUT2D eigenvalue weighted by molar-refractivity contribution is 0.114. The molecular formula is C17H25N3O. The monoisotopic (exact) mass is 287 g/mol. The lowest BCUT2D eigenvalue weighted by Crippen LogP contribution is -2.28. The van der Waals surface area contributed by atoms with Gasteiger partial charge in [-0.2, -0.15) is 5.26 Å². The minimum Gasteiger partial charge on any atom is -0.391 e. The van der Waals surface area contributed by atoms with Crippen molar-refractivity contribution in [3.05, 3.63) is 22.9 Å². The number of nitrogens with zero attached hydrogens (tertiary/aromatic N) is 2. The fraction of sp³-hybridized carbons (Fsp3) is 0.647. The third-order valence-electron chi connectivity index (χ3n) is 4.49. The molecule has 0 saturated heterocycles. The minimum atomic E-state index is -0.399. The zero-order valence-corrected chi connectivity index (χ0v) is 13.0. The topological polar surface area (TPSA) is 68.9 Å². The third-order valence-corrected chi connectivity index (χ3v) is 4.49. The van der Waals surface area contributed by atoms with Crippen molar-refractivity contribution >= 4 is 5.82 Å². The Morgan fingerprint density at radius 1 is 1.33 bits per heavy atom. The van der Waals surface area contributed by atoms with Gasteiger partial charge in [0.25, 0.3) is 0 Å². The molecule has 0 bridgehead atoms. The number of aliphatic hydroxyl groups is 1. The molecule has 1 aromatic heterocycles. The number of aryl methyl sites for hydroxylation is 2. The van der Waals surface area contributed by atoms with Gasteiger partial charge in [0.05, 0.1) is 11.7 Å². The summed E-state index contributed by atoms with van der Waals surface area (Å²) >= 11 is 0. The van der Waals surface area contributed by atoms with Crippen LogP contribution in [-0.4, -0.2) is 22.7 Å². The first kappa shape index (κ1) is 15.8. The lowest BCUT2D eigenvalue weighted by Gasteiger charge is -2.22. The van der Waals surface area contributed by atoms with E-state index >= 15 is 0 Å². The molecule has 114 valence electrons. The van der Waals surface area contributed by atoms with Gasteiger partial charge in [0, 0.05) is 12.2 Å². The van der Waals surface area contributed by atoms with E-state index in [-0.39, 0.29) is 0 Å². The van der Waals surface area contributed by atoms with Crippen LogP contribution in [0, 0.1) is 17.2 Å². The predicted molar refractivity (Wildman–Crippen MR) is 84.2 cm³/mol. The fourth-order valence-electron chi connectivity index (χ4n) is 3.05. The summed E-state index contributed by atoms with van der Waals surface area (Å²) in [7, 11) is 0. The van der Waals surface area contributed by atoms with Crippen molar-refractivity contribution in [1.82, 2.24) is 4.98 Å². The normalized spacial score (nSPS) is 15.4. The molecule has 2 rings (SSSR count). The van der Waals surface area contributed by atoms with Crippen molar-refractivity contribution in [3.8, 4) is 6.07 Å². The number of nitrogens with one attached hydrogen (secondary N) is 1. The van der Waals surface area contributed by atoms with Gasteiger partial charge in [-0.1, -0.05) is 26.7 Å². The first-order valence-corrected chi connectivity index (χ1v) is 8.04. The molecule has 1 heterocycles. The number of hydrogen-bond acceptors (Lipinski definition) is 4. The van der Waals surface area contributed by atoms with E-state index in [1.54, 1.807) is 0 Å². The van der Waals surface area contributed by atoms with Crippen LogP contribution in [0.3, 0.4) is 0 Å². The van der Waals surface area contributed by atoms with Crippen LogP contribution in [0.4, 0.5) is 5.82 Å². The Labute approximate surface area is 127 Å². The number of rotatable bonds is 6. The van der Waals surface area contributed by atoms with Crippen LogP contribution in [0.1, 0.15) is 56.4 Å². The molecule has 0 spiro atoms. The second-order valence-corrected chi connectivity index (χ2v) is 5.83. The molecule has 4 heteroatoms. The average Bonchev–Trinajstić information content (AvgIpc) is 2.53. The minimum absolute atomic E-state index is 0.292. The van der Waals surface area contributed by atoms with Gasteiger partial charge in [-0.25, -0.2) is 4.98 Å². The summed E-state index contributed by atoms with van der Waals surface area (Å²) in [6.07, 6.45) is 5.88. The maximum absolute atomic E-state index is 10.2. The summed E-state index contributed by atoms with van der Waals surface area (Å²) < 4.78 is 0. The van der Waals surface area contributed by atoms with E-state index in [1.165, 1.54) is 18.4 Å². The highest BCUT2D eigenvalue weighted by Crippen LogP contribution is 2.24. The molecule has 0 fully saturated rings. The van der Waals surface area contributed by atoms with E-state index in [0.717, 1.165) is 31.4 Å². The quantitative estimate of drug-likeness (QED) is 0.843. The van der Waals surface area contributed by atoms with Crippen LogP contribution >= 0.6 is 0 Å². The Morgan fingerprint density at radius 2 is 2.05 bits per heavy atom. The smallest absolute Gasteiger partial charge is 0.144 e. The van der Waals surface area contributed by atoms with Gasteiger partial charge < -0.3 is 10.4 Å². The summed E-state index contributed by atoms with van der Waals surface area (Å²) in [5.41, 5.74) is 2.91. The van der Waals surface area contributed by atoms with Crippen LogP contribution in [-0.2, 0) is 12.8 Å². The van der Waals surface area contributed by atoms with E-state index in [2.05, 4.69) is 30.2 Å². The molecule has 1 aromatic rings. The number of aliphatic hydroxyl groups excluding tert-OH is 1. The van der Waals surface area contributed by atoms with Crippen molar-refractivity contribution in [2.75, 3.05) is 11.9 Å². The maximum atomic E-state index is 10.2. The largest absolute Gasteiger partial charge is 0.391 e. The lowest BCUT2D eigenvalue weighted by atomic mass is 9.94. The SMILES string of the molecule is CCC(CC)C(O)CNc1nc2c(cc1C#N)CCCC2. The van der Waals surface area contributed by atoms with Crippen molar-refractivity contribution < 1.29 is 5.11 Å². The van der Waals surface area contributed by atoms with Gasteiger partial charge in [0.15, 0.2) is 0 Å². The molecule has 1 aliphatic carbocycles. The molecule has 2 N–H and O–H groups in total. The average molecular weight is 287 g/mol. The Bertz CT molecular complexity index is 518. The van der Waals surface area contributed by atoms with E-state index in [4.69, 9.17) is 0 Å². The van der Waals surface area contributed by atoms with Crippen LogP contribution in [0.15, 0.2) is 6.07 Å². The van der Waals surface area contributed by atoms with Gasteiger partial charge in [-0.05, 0) is 43.2 Å². The molecule has 21 heavy (non-hydrogen) atoms. The number of fused-ring (bicyclic) bond motifs is 1. The van der Waals surface area contributed by atoms with E-state index < -0.39 is 6.10 Å². The molecule has 0 saturated carbocycles. The summed E-state index contributed by atoms with van der Waals surface area (Å²) in [4.78, 5) is 4.62. The molecule has 1 atom stereocenters. The molecule has 0 amide bonds. The van der Waals surface area contributed by atoms with Crippen molar-refractivity contribution in [2.45, 2.75) is 58.5 Å². The Morgan fingerprint density at radius 3 is 2.71 bits per heavy atom. The molecule has 0 aliphatic heterocycles. The second kappa shape index (κ2) is 7.42. The summed E-state index contributed by atoms with van der Waals surface area (Å²) in [6.45, 7) is 4.64. The highest BCUT2D eigenvalue weighted by Gasteiger charge is 2.18. The van der Waals surface area contributed by atoms with Gasteiger partial charge in [0.2, 0.25) is 0 Å². The number of hydrogen-bond donors (Lipinski definition) is 2. The van der Waals surface area contributed by atoms with Crippen LogP contribution < -0.4 is 5.32 Å². The van der Waals surface area contributed by atoms with Crippen LogP contribution in [0.2, 0.25) is 0 Å². The highest BCUT2D eigenvalue weighted by atomic mass is 16.3. The second-order valence-electron chi connectivity index (χ2n) is 5.83. The number of pyridine rings is 1. The first-order chi connectivity index (χ1) is 10.2. The van der Waals surface area contributed by atoms with Gasteiger partial charge in [-0.3, -0.25) is 0 Å². The maximum Gasteiger partial charge on any atom is 0.144 e. The van der Waals surface area contributed by atoms with E-state index in [0.29, 0.717) is 23.8 Å². The Hall–Kier alpha value is -1.60. The number of aromatic nitrogens is 1. The van der Waals surface area contributed by atoms with E-state index in [1.807, 2.05) is 6.07 Å². The molecule has 1 unspecified atom stereocenters. The Balaban J connectivity index is 2.11. The summed E-state index contributed by atoms with van der Waals surface area (Å²) in [6, 6.07) is 4.19. The van der Waals surface area contributed by atoms with Gasteiger partial charge in [-0.15, -0.1) is 0 Å². The van der Waals surface area contributed by atoms with E-state index in [9.17, 15) is 10.4 Å². The molecule has 0 radical (unpaired) electrons. The van der Waals surface area contributed by atoms with Gasteiger partial charge >= 0.3 is 0 Å². The number of anilines is 1. The van der Waals surface area contributed by atoms with Gasteiger partial charge in [0.1, 0.15) is 11.9 Å². The molecule has 1 aliphatic rings. The Kier molecular flexibility index (Phi) is 5.58. The zero-order valence-electron chi connectivity index (χ0n) is 13.0. The number of nitriles is 1. The standard InChI is InChI=1S/C17H25N3O/c1-3-12(4-2)16(21)11-19-17-14(10-18)9-13-7-5-6-8-15(13)20-17/h9,12,16,21H,3-8,11H2,1-2H3,(H,19,20). The van der Waals surface area contributed by atoms with Crippen molar-refractivity contribution in [2.24, 2.45) is 5.92 Å². The molecule has 0 aromatic carbocycles. The van der Waals surface area contributed by atoms with Crippen LogP contribution in [0.5, 0.6) is 0 Å².